The molecule has 124 valence electrons. The molecule has 2 heteroatoms. The Bertz CT molecular complexity index is 539. The van der Waals surface area contributed by atoms with Crippen LogP contribution in [-0.2, 0) is 13.0 Å². The van der Waals surface area contributed by atoms with E-state index in [1.807, 2.05) is 0 Å². The third-order valence-corrected chi connectivity index (χ3v) is 6.21. The zero-order valence-electron chi connectivity index (χ0n) is 14.5. The molecule has 1 aromatic rings. The monoisotopic (exact) mass is 310 g/mol. The maximum Gasteiger partial charge on any atom is 0.0234 e. The lowest BCUT2D eigenvalue weighted by Crippen LogP contribution is -2.47. The van der Waals surface area contributed by atoms with Crippen molar-refractivity contribution in [3.63, 3.8) is 0 Å². The first-order valence-electron chi connectivity index (χ1n) is 9.51. The molecule has 2 bridgehead atoms. The van der Waals surface area contributed by atoms with Gasteiger partial charge in [0.2, 0.25) is 0 Å². The SMILES string of the molecule is CCc1ccc(CN2CCN(C[C@@H]3C[C@H]4C=C[C@H]3C4)CC2)cc1. The van der Waals surface area contributed by atoms with Gasteiger partial charge in [0.25, 0.3) is 0 Å². The summed E-state index contributed by atoms with van der Waals surface area (Å²) < 4.78 is 0. The number of hydrogen-bond acceptors (Lipinski definition) is 2. The second-order valence-electron chi connectivity index (χ2n) is 7.79. The van der Waals surface area contributed by atoms with E-state index in [4.69, 9.17) is 0 Å². The van der Waals surface area contributed by atoms with Gasteiger partial charge in [0.15, 0.2) is 0 Å². The zero-order valence-corrected chi connectivity index (χ0v) is 14.5. The Morgan fingerprint density at radius 2 is 1.57 bits per heavy atom. The molecule has 1 aliphatic heterocycles. The molecule has 3 atom stereocenters. The molecule has 0 aromatic heterocycles. The first-order chi connectivity index (χ1) is 11.3. The van der Waals surface area contributed by atoms with E-state index >= 15 is 0 Å². The topological polar surface area (TPSA) is 6.48 Å². The van der Waals surface area contributed by atoms with Crippen LogP contribution in [0.25, 0.3) is 0 Å². The molecule has 1 heterocycles. The zero-order chi connectivity index (χ0) is 15.6. The lowest BCUT2D eigenvalue weighted by Gasteiger charge is -2.37. The van der Waals surface area contributed by atoms with E-state index in [9.17, 15) is 0 Å². The summed E-state index contributed by atoms with van der Waals surface area (Å²) in [6.45, 7) is 9.65. The molecule has 0 N–H and O–H groups in total. The van der Waals surface area contributed by atoms with Crippen LogP contribution in [0.2, 0.25) is 0 Å². The van der Waals surface area contributed by atoms with Crippen molar-refractivity contribution in [2.24, 2.45) is 17.8 Å². The smallest absolute Gasteiger partial charge is 0.0234 e. The van der Waals surface area contributed by atoms with Gasteiger partial charge in [-0.2, -0.15) is 0 Å². The average Bonchev–Trinajstić information content (AvgIpc) is 3.20. The molecule has 1 saturated carbocycles. The van der Waals surface area contributed by atoms with Gasteiger partial charge in [-0.1, -0.05) is 43.3 Å². The molecule has 0 unspecified atom stereocenters. The Labute approximate surface area is 141 Å². The largest absolute Gasteiger partial charge is 0.300 e. The fourth-order valence-electron chi connectivity index (χ4n) is 4.70. The van der Waals surface area contributed by atoms with Gasteiger partial charge in [-0.3, -0.25) is 4.90 Å². The molecule has 2 fully saturated rings. The van der Waals surface area contributed by atoms with E-state index in [1.165, 1.54) is 56.7 Å². The number of aryl methyl sites for hydroxylation is 1. The van der Waals surface area contributed by atoms with Crippen molar-refractivity contribution in [1.29, 1.82) is 0 Å². The number of piperazine rings is 1. The van der Waals surface area contributed by atoms with Crippen LogP contribution in [0.3, 0.4) is 0 Å². The summed E-state index contributed by atoms with van der Waals surface area (Å²) in [5.74, 6) is 2.76. The fourth-order valence-corrected chi connectivity index (χ4v) is 4.70. The van der Waals surface area contributed by atoms with Gasteiger partial charge in [0.05, 0.1) is 0 Å². The first-order valence-corrected chi connectivity index (χ1v) is 9.51. The minimum Gasteiger partial charge on any atom is -0.300 e. The summed E-state index contributed by atoms with van der Waals surface area (Å²) >= 11 is 0. The molecule has 0 radical (unpaired) electrons. The van der Waals surface area contributed by atoms with Gasteiger partial charge in [0.1, 0.15) is 0 Å². The Balaban J connectivity index is 1.23. The molecule has 3 aliphatic rings. The van der Waals surface area contributed by atoms with Crippen molar-refractivity contribution >= 4 is 0 Å². The predicted octanol–water partition coefficient (Wildman–Crippen LogP) is 3.58. The van der Waals surface area contributed by atoms with Gasteiger partial charge in [0, 0.05) is 39.3 Å². The van der Waals surface area contributed by atoms with E-state index in [-0.39, 0.29) is 0 Å². The van der Waals surface area contributed by atoms with Crippen molar-refractivity contribution in [2.75, 3.05) is 32.7 Å². The minimum atomic E-state index is 0.898. The van der Waals surface area contributed by atoms with Gasteiger partial charge >= 0.3 is 0 Å². The van der Waals surface area contributed by atoms with Crippen LogP contribution in [-0.4, -0.2) is 42.5 Å². The molecule has 2 aliphatic carbocycles. The van der Waals surface area contributed by atoms with E-state index in [1.54, 1.807) is 0 Å². The van der Waals surface area contributed by atoms with E-state index in [0.29, 0.717) is 0 Å². The highest BCUT2D eigenvalue weighted by atomic mass is 15.3. The summed E-state index contributed by atoms with van der Waals surface area (Å²) in [5.41, 5.74) is 2.91. The second-order valence-corrected chi connectivity index (χ2v) is 7.79. The Hall–Kier alpha value is -1.12. The maximum atomic E-state index is 2.72. The third-order valence-electron chi connectivity index (χ3n) is 6.21. The number of nitrogens with zero attached hydrogens (tertiary/aromatic N) is 2. The molecule has 1 saturated heterocycles. The van der Waals surface area contributed by atoms with Crippen molar-refractivity contribution < 1.29 is 0 Å². The Kier molecular flexibility index (Phi) is 4.54. The highest BCUT2D eigenvalue weighted by molar-refractivity contribution is 5.22. The lowest BCUT2D eigenvalue weighted by molar-refractivity contribution is 0.108. The third kappa shape index (κ3) is 3.54. The summed E-state index contributed by atoms with van der Waals surface area (Å²) in [6, 6.07) is 9.20. The van der Waals surface area contributed by atoms with Crippen molar-refractivity contribution in [3.05, 3.63) is 47.5 Å². The molecule has 23 heavy (non-hydrogen) atoms. The molecule has 0 amide bonds. The number of benzene rings is 1. The number of fused-ring (bicyclic) bond motifs is 2. The van der Waals surface area contributed by atoms with Gasteiger partial charge < -0.3 is 4.90 Å². The number of allylic oxidation sites excluding steroid dienone is 2. The van der Waals surface area contributed by atoms with Gasteiger partial charge in [-0.05, 0) is 48.1 Å². The van der Waals surface area contributed by atoms with Crippen molar-refractivity contribution in [1.82, 2.24) is 9.80 Å². The normalized spacial score (nSPS) is 31.1. The van der Waals surface area contributed by atoms with E-state index < -0.39 is 0 Å². The van der Waals surface area contributed by atoms with Crippen LogP contribution in [0.4, 0.5) is 0 Å². The molecule has 4 rings (SSSR count). The maximum absolute atomic E-state index is 2.72. The molecular weight excluding hydrogens is 280 g/mol. The average molecular weight is 310 g/mol. The van der Waals surface area contributed by atoms with Crippen LogP contribution in [0, 0.1) is 17.8 Å². The highest BCUT2D eigenvalue weighted by Gasteiger charge is 2.36. The van der Waals surface area contributed by atoms with Crippen LogP contribution in [0.15, 0.2) is 36.4 Å². The Morgan fingerprint density at radius 3 is 2.17 bits per heavy atom. The second kappa shape index (κ2) is 6.78. The van der Waals surface area contributed by atoms with Crippen LogP contribution >= 0.6 is 0 Å². The van der Waals surface area contributed by atoms with E-state index in [0.717, 1.165) is 30.7 Å². The predicted molar refractivity (Wildman–Crippen MR) is 96.4 cm³/mol. The molecule has 0 spiro atoms. The van der Waals surface area contributed by atoms with Crippen LogP contribution in [0.5, 0.6) is 0 Å². The molecule has 1 aromatic carbocycles. The van der Waals surface area contributed by atoms with Crippen molar-refractivity contribution in [3.8, 4) is 0 Å². The lowest BCUT2D eigenvalue weighted by atomic mass is 9.93. The summed E-state index contributed by atoms with van der Waals surface area (Å²) in [7, 11) is 0. The van der Waals surface area contributed by atoms with Gasteiger partial charge in [-0.15, -0.1) is 0 Å². The number of hydrogen-bond donors (Lipinski definition) is 0. The standard InChI is InChI=1S/C21H30N2/c1-2-17-3-5-18(6-4-17)15-22-9-11-23(12-10-22)16-21-14-19-7-8-20(21)13-19/h3-8,19-21H,2,9-16H2,1H3/t19-,20-,21-/m0/s1. The van der Waals surface area contributed by atoms with Crippen LogP contribution < -0.4 is 0 Å². The minimum absolute atomic E-state index is 0.898. The van der Waals surface area contributed by atoms with Crippen molar-refractivity contribution in [2.45, 2.75) is 32.7 Å². The molecular formula is C21H30N2. The fraction of sp³-hybridized carbons (Fsp3) is 0.619. The van der Waals surface area contributed by atoms with Gasteiger partial charge in [-0.25, -0.2) is 0 Å². The highest BCUT2D eigenvalue weighted by Crippen LogP contribution is 2.43. The Morgan fingerprint density at radius 1 is 0.870 bits per heavy atom. The summed E-state index contributed by atoms with van der Waals surface area (Å²) in [6.07, 6.45) is 8.98. The molecule has 2 nitrogen and oxygen atoms in total. The van der Waals surface area contributed by atoms with E-state index in [2.05, 4.69) is 53.1 Å². The quantitative estimate of drug-likeness (QED) is 0.767. The summed E-state index contributed by atoms with van der Waals surface area (Å²) in [4.78, 5) is 5.34. The first kappa shape index (κ1) is 15.4. The summed E-state index contributed by atoms with van der Waals surface area (Å²) in [5, 5.41) is 0. The van der Waals surface area contributed by atoms with Crippen LogP contribution in [0.1, 0.15) is 30.9 Å². The number of rotatable bonds is 5.